The van der Waals surface area contributed by atoms with Crippen molar-refractivity contribution in [3.05, 3.63) is 48.0 Å². The molecule has 2 aromatic carbocycles. The van der Waals surface area contributed by atoms with Crippen LogP contribution in [0.3, 0.4) is 0 Å². The third kappa shape index (κ3) is 2.53. The second-order valence-corrected chi connectivity index (χ2v) is 5.79. The zero-order chi connectivity index (χ0) is 13.9. The molecule has 1 amide bonds. The third-order valence-corrected chi connectivity index (χ3v) is 4.33. The van der Waals surface area contributed by atoms with E-state index in [1.54, 1.807) is 0 Å². The van der Waals surface area contributed by atoms with Crippen molar-refractivity contribution in [2.24, 2.45) is 5.92 Å². The Balaban J connectivity index is 1.86. The highest BCUT2D eigenvalue weighted by atomic mass is 35.5. The van der Waals surface area contributed by atoms with Crippen molar-refractivity contribution in [1.29, 1.82) is 0 Å². The lowest BCUT2D eigenvalue weighted by molar-refractivity contribution is 0.0789. The van der Waals surface area contributed by atoms with Gasteiger partial charge in [0.25, 0.3) is 5.91 Å². The second-order valence-electron chi connectivity index (χ2n) is 5.41. The highest BCUT2D eigenvalue weighted by molar-refractivity contribution is 6.17. The number of hydrogen-bond donors (Lipinski definition) is 0. The molecular formula is C17H18ClNO. The van der Waals surface area contributed by atoms with Crippen LogP contribution >= 0.6 is 11.6 Å². The van der Waals surface area contributed by atoms with Crippen LogP contribution < -0.4 is 0 Å². The van der Waals surface area contributed by atoms with E-state index < -0.39 is 0 Å². The average molecular weight is 288 g/mol. The number of halogens is 1. The predicted molar refractivity (Wildman–Crippen MR) is 83.3 cm³/mol. The van der Waals surface area contributed by atoms with Crippen LogP contribution in [0.2, 0.25) is 0 Å². The van der Waals surface area contributed by atoms with E-state index in [-0.39, 0.29) is 5.91 Å². The molecule has 0 saturated carbocycles. The Hall–Kier alpha value is -1.54. The molecule has 1 aliphatic rings. The number of amides is 1. The molecule has 1 saturated heterocycles. The minimum Gasteiger partial charge on any atom is -0.338 e. The molecule has 104 valence electrons. The van der Waals surface area contributed by atoms with Gasteiger partial charge in [-0.1, -0.05) is 36.4 Å². The van der Waals surface area contributed by atoms with E-state index in [1.165, 1.54) is 0 Å². The Morgan fingerprint density at radius 3 is 2.85 bits per heavy atom. The summed E-state index contributed by atoms with van der Waals surface area (Å²) in [7, 11) is 0. The molecule has 0 aliphatic carbocycles. The Morgan fingerprint density at radius 2 is 2.00 bits per heavy atom. The molecule has 1 unspecified atom stereocenters. The van der Waals surface area contributed by atoms with Gasteiger partial charge in [-0.05, 0) is 35.6 Å². The van der Waals surface area contributed by atoms with Gasteiger partial charge in [-0.15, -0.1) is 11.6 Å². The van der Waals surface area contributed by atoms with Crippen molar-refractivity contribution in [3.8, 4) is 0 Å². The molecular weight excluding hydrogens is 270 g/mol. The maximum atomic E-state index is 12.7. The van der Waals surface area contributed by atoms with Crippen LogP contribution in [-0.4, -0.2) is 29.8 Å². The van der Waals surface area contributed by atoms with Gasteiger partial charge >= 0.3 is 0 Å². The first-order valence-corrected chi connectivity index (χ1v) is 7.66. The fourth-order valence-electron chi connectivity index (χ4n) is 2.99. The number of likely N-dealkylation sites (tertiary alicyclic amines) is 1. The van der Waals surface area contributed by atoms with E-state index >= 15 is 0 Å². The largest absolute Gasteiger partial charge is 0.338 e. The van der Waals surface area contributed by atoms with Gasteiger partial charge in [0.15, 0.2) is 0 Å². The summed E-state index contributed by atoms with van der Waals surface area (Å²) in [4.78, 5) is 14.7. The van der Waals surface area contributed by atoms with Gasteiger partial charge in [0.05, 0.1) is 0 Å². The summed E-state index contributed by atoms with van der Waals surface area (Å²) in [5, 5.41) is 2.16. The average Bonchev–Trinajstić information content (AvgIpc) is 2.95. The van der Waals surface area contributed by atoms with Crippen LogP contribution in [0.4, 0.5) is 0 Å². The lowest BCUT2D eigenvalue weighted by atomic mass is 10.0. The summed E-state index contributed by atoms with van der Waals surface area (Å²) in [6, 6.07) is 14.0. The Morgan fingerprint density at radius 1 is 1.20 bits per heavy atom. The minimum atomic E-state index is 0.152. The summed E-state index contributed by atoms with van der Waals surface area (Å²) in [5.41, 5.74) is 0.814. The Bertz CT molecular complexity index is 620. The molecule has 0 N–H and O–H groups in total. The predicted octanol–water partition coefficient (Wildman–Crippen LogP) is 3.93. The standard InChI is InChI=1S/C17H18ClNO/c18-10-8-13-9-11-19(12-13)17(20)16-7-3-5-14-4-1-2-6-15(14)16/h1-7,13H,8-12H2. The number of fused-ring (bicyclic) bond motifs is 1. The summed E-state index contributed by atoms with van der Waals surface area (Å²) < 4.78 is 0. The fraction of sp³-hybridized carbons (Fsp3) is 0.353. The van der Waals surface area contributed by atoms with Gasteiger partial charge in [0.1, 0.15) is 0 Å². The quantitative estimate of drug-likeness (QED) is 0.783. The molecule has 0 aromatic heterocycles. The number of benzene rings is 2. The zero-order valence-corrected chi connectivity index (χ0v) is 12.1. The van der Waals surface area contributed by atoms with Gasteiger partial charge in [0.2, 0.25) is 0 Å². The number of hydrogen-bond acceptors (Lipinski definition) is 1. The van der Waals surface area contributed by atoms with Gasteiger partial charge < -0.3 is 4.90 Å². The van der Waals surface area contributed by atoms with Crippen LogP contribution in [0.1, 0.15) is 23.2 Å². The first-order chi connectivity index (χ1) is 9.79. The minimum absolute atomic E-state index is 0.152. The normalized spacial score (nSPS) is 18.6. The summed E-state index contributed by atoms with van der Waals surface area (Å²) in [5.74, 6) is 1.39. The van der Waals surface area contributed by atoms with Crippen LogP contribution in [0.25, 0.3) is 10.8 Å². The smallest absolute Gasteiger partial charge is 0.254 e. The lowest BCUT2D eigenvalue weighted by Crippen LogP contribution is -2.28. The maximum absolute atomic E-state index is 12.7. The topological polar surface area (TPSA) is 20.3 Å². The molecule has 1 aliphatic heterocycles. The molecule has 1 atom stereocenters. The molecule has 3 rings (SSSR count). The first kappa shape index (κ1) is 13.4. The van der Waals surface area contributed by atoms with Crippen molar-refractivity contribution in [2.75, 3.05) is 19.0 Å². The van der Waals surface area contributed by atoms with E-state index in [0.717, 1.165) is 42.3 Å². The van der Waals surface area contributed by atoms with Crippen LogP contribution in [0.5, 0.6) is 0 Å². The van der Waals surface area contributed by atoms with Crippen molar-refractivity contribution < 1.29 is 4.79 Å². The van der Waals surface area contributed by atoms with Gasteiger partial charge in [0, 0.05) is 24.5 Å². The molecule has 20 heavy (non-hydrogen) atoms. The van der Waals surface area contributed by atoms with Gasteiger partial charge in [-0.3, -0.25) is 4.79 Å². The van der Waals surface area contributed by atoms with Crippen LogP contribution in [0, 0.1) is 5.92 Å². The van der Waals surface area contributed by atoms with E-state index in [0.29, 0.717) is 11.8 Å². The van der Waals surface area contributed by atoms with Crippen LogP contribution in [-0.2, 0) is 0 Å². The summed E-state index contributed by atoms with van der Waals surface area (Å²) >= 11 is 5.80. The molecule has 0 bridgehead atoms. The molecule has 1 fully saturated rings. The number of carbonyl (C=O) groups is 1. The maximum Gasteiger partial charge on any atom is 0.254 e. The molecule has 0 spiro atoms. The van der Waals surface area contributed by atoms with Crippen molar-refractivity contribution in [2.45, 2.75) is 12.8 Å². The fourth-order valence-corrected chi connectivity index (χ4v) is 3.30. The van der Waals surface area contributed by atoms with Crippen molar-refractivity contribution in [3.63, 3.8) is 0 Å². The molecule has 0 radical (unpaired) electrons. The number of nitrogens with zero attached hydrogens (tertiary/aromatic N) is 1. The molecule has 2 aromatic rings. The molecule has 1 heterocycles. The van der Waals surface area contributed by atoms with Crippen LogP contribution in [0.15, 0.2) is 42.5 Å². The highest BCUT2D eigenvalue weighted by Crippen LogP contribution is 2.25. The second kappa shape index (κ2) is 5.84. The number of alkyl halides is 1. The van der Waals surface area contributed by atoms with E-state index in [1.807, 2.05) is 47.4 Å². The summed E-state index contributed by atoms with van der Waals surface area (Å²) in [6.07, 6.45) is 2.07. The van der Waals surface area contributed by atoms with Crippen molar-refractivity contribution >= 4 is 28.3 Å². The Labute approximate surface area is 124 Å². The monoisotopic (exact) mass is 287 g/mol. The Kier molecular flexibility index (Phi) is 3.93. The SMILES string of the molecule is O=C(c1cccc2ccccc12)N1CCC(CCCl)C1. The zero-order valence-electron chi connectivity index (χ0n) is 11.4. The number of rotatable bonds is 3. The van der Waals surface area contributed by atoms with Gasteiger partial charge in [-0.2, -0.15) is 0 Å². The molecule has 2 nitrogen and oxygen atoms in total. The van der Waals surface area contributed by atoms with E-state index in [9.17, 15) is 4.79 Å². The van der Waals surface area contributed by atoms with Crippen molar-refractivity contribution in [1.82, 2.24) is 4.90 Å². The van der Waals surface area contributed by atoms with E-state index in [2.05, 4.69) is 0 Å². The van der Waals surface area contributed by atoms with E-state index in [4.69, 9.17) is 11.6 Å². The number of carbonyl (C=O) groups excluding carboxylic acids is 1. The highest BCUT2D eigenvalue weighted by Gasteiger charge is 2.27. The van der Waals surface area contributed by atoms with Gasteiger partial charge in [-0.25, -0.2) is 0 Å². The lowest BCUT2D eigenvalue weighted by Gasteiger charge is -2.17. The first-order valence-electron chi connectivity index (χ1n) is 7.12. The molecule has 3 heteroatoms. The summed E-state index contributed by atoms with van der Waals surface area (Å²) in [6.45, 7) is 1.69. The third-order valence-electron chi connectivity index (χ3n) is 4.11.